The van der Waals surface area contributed by atoms with Gasteiger partial charge in [-0.15, -0.1) is 0 Å². The third-order valence-corrected chi connectivity index (χ3v) is 4.79. The van der Waals surface area contributed by atoms with E-state index in [0.717, 1.165) is 24.2 Å². The molecular formula is C19H19N3O2. The summed E-state index contributed by atoms with van der Waals surface area (Å²) in [6, 6.07) is 11.7. The summed E-state index contributed by atoms with van der Waals surface area (Å²) in [7, 11) is 2.07. The molecule has 5 heteroatoms. The van der Waals surface area contributed by atoms with E-state index in [1.807, 2.05) is 24.3 Å². The Morgan fingerprint density at radius 2 is 2.04 bits per heavy atom. The van der Waals surface area contributed by atoms with Crippen molar-refractivity contribution in [3.63, 3.8) is 0 Å². The molecule has 2 heterocycles. The maximum atomic E-state index is 12.8. The van der Waals surface area contributed by atoms with Gasteiger partial charge in [0.05, 0.1) is 6.54 Å². The zero-order chi connectivity index (χ0) is 16.8. The van der Waals surface area contributed by atoms with Gasteiger partial charge in [0, 0.05) is 48.7 Å². The SMILES string of the molecule is CC(=O)Nc1cccc2c1CN(c1ccc3c(c1)N(C)CC3)C2=O. The van der Waals surface area contributed by atoms with Crippen molar-refractivity contribution in [2.75, 3.05) is 28.7 Å². The Kier molecular flexibility index (Phi) is 3.30. The van der Waals surface area contributed by atoms with Crippen LogP contribution in [0.5, 0.6) is 0 Å². The first-order valence-corrected chi connectivity index (χ1v) is 8.10. The Bertz CT molecular complexity index is 860. The molecule has 24 heavy (non-hydrogen) atoms. The van der Waals surface area contributed by atoms with Crippen LogP contribution in [0, 0.1) is 0 Å². The van der Waals surface area contributed by atoms with Gasteiger partial charge in [0.15, 0.2) is 0 Å². The van der Waals surface area contributed by atoms with E-state index in [2.05, 4.69) is 29.4 Å². The van der Waals surface area contributed by atoms with Crippen LogP contribution in [0.25, 0.3) is 0 Å². The number of benzene rings is 2. The Morgan fingerprint density at radius 3 is 2.83 bits per heavy atom. The van der Waals surface area contributed by atoms with Gasteiger partial charge < -0.3 is 15.1 Å². The number of carbonyl (C=O) groups is 2. The summed E-state index contributed by atoms with van der Waals surface area (Å²) in [5, 5.41) is 2.82. The Morgan fingerprint density at radius 1 is 1.21 bits per heavy atom. The van der Waals surface area contributed by atoms with Crippen molar-refractivity contribution in [1.82, 2.24) is 0 Å². The molecule has 2 aliphatic heterocycles. The van der Waals surface area contributed by atoms with Crippen molar-refractivity contribution in [2.45, 2.75) is 19.9 Å². The van der Waals surface area contributed by atoms with Crippen LogP contribution in [-0.4, -0.2) is 25.4 Å². The van der Waals surface area contributed by atoms with E-state index in [9.17, 15) is 9.59 Å². The number of anilines is 3. The van der Waals surface area contributed by atoms with Gasteiger partial charge in [0.25, 0.3) is 5.91 Å². The minimum Gasteiger partial charge on any atom is -0.374 e. The Balaban J connectivity index is 1.71. The van der Waals surface area contributed by atoms with E-state index in [1.165, 1.54) is 18.2 Å². The maximum absolute atomic E-state index is 12.8. The summed E-state index contributed by atoms with van der Waals surface area (Å²) >= 11 is 0. The van der Waals surface area contributed by atoms with Gasteiger partial charge in [-0.25, -0.2) is 0 Å². The van der Waals surface area contributed by atoms with Crippen molar-refractivity contribution < 1.29 is 9.59 Å². The van der Waals surface area contributed by atoms with Gasteiger partial charge in [0.1, 0.15) is 0 Å². The van der Waals surface area contributed by atoms with Crippen LogP contribution < -0.4 is 15.1 Å². The number of nitrogens with one attached hydrogen (secondary N) is 1. The average molecular weight is 321 g/mol. The van der Waals surface area contributed by atoms with Crippen LogP contribution in [0.15, 0.2) is 36.4 Å². The van der Waals surface area contributed by atoms with Crippen LogP contribution in [0.2, 0.25) is 0 Å². The summed E-state index contributed by atoms with van der Waals surface area (Å²) in [4.78, 5) is 28.2. The molecule has 0 unspecified atom stereocenters. The fraction of sp³-hybridized carbons (Fsp3) is 0.263. The smallest absolute Gasteiger partial charge is 0.259 e. The lowest BCUT2D eigenvalue weighted by Crippen LogP contribution is -2.23. The normalized spacial score (nSPS) is 15.5. The summed E-state index contributed by atoms with van der Waals surface area (Å²) < 4.78 is 0. The predicted molar refractivity (Wildman–Crippen MR) is 94.7 cm³/mol. The van der Waals surface area contributed by atoms with Gasteiger partial charge >= 0.3 is 0 Å². The molecule has 0 radical (unpaired) electrons. The average Bonchev–Trinajstić information content (AvgIpc) is 3.09. The molecule has 0 saturated heterocycles. The van der Waals surface area contributed by atoms with Crippen molar-refractivity contribution >= 4 is 28.9 Å². The molecule has 2 aliphatic rings. The lowest BCUT2D eigenvalue weighted by Gasteiger charge is -2.19. The largest absolute Gasteiger partial charge is 0.374 e. The second-order valence-corrected chi connectivity index (χ2v) is 6.39. The van der Waals surface area contributed by atoms with Gasteiger partial charge in [-0.05, 0) is 36.2 Å². The standard InChI is InChI=1S/C19H19N3O2/c1-12(23)20-17-5-3-4-15-16(17)11-22(19(15)24)14-7-6-13-8-9-21(2)18(13)10-14/h3-7,10H,8-9,11H2,1-2H3,(H,20,23). The molecule has 122 valence electrons. The number of hydrogen-bond donors (Lipinski definition) is 1. The first-order valence-electron chi connectivity index (χ1n) is 8.10. The molecule has 2 aromatic carbocycles. The van der Waals surface area contributed by atoms with Crippen LogP contribution >= 0.6 is 0 Å². The van der Waals surface area contributed by atoms with E-state index in [-0.39, 0.29) is 11.8 Å². The zero-order valence-electron chi connectivity index (χ0n) is 13.8. The van der Waals surface area contributed by atoms with Crippen molar-refractivity contribution in [3.8, 4) is 0 Å². The molecule has 0 aliphatic carbocycles. The molecular weight excluding hydrogens is 302 g/mol. The van der Waals surface area contributed by atoms with Gasteiger partial charge in [-0.1, -0.05) is 12.1 Å². The molecule has 0 aromatic heterocycles. The first-order chi connectivity index (χ1) is 11.5. The highest BCUT2D eigenvalue weighted by molar-refractivity contribution is 6.12. The maximum Gasteiger partial charge on any atom is 0.259 e. The molecule has 2 amide bonds. The van der Waals surface area contributed by atoms with E-state index in [4.69, 9.17) is 0 Å². The molecule has 2 aromatic rings. The monoisotopic (exact) mass is 321 g/mol. The van der Waals surface area contributed by atoms with E-state index < -0.39 is 0 Å². The number of likely N-dealkylation sites (N-methyl/N-ethyl adjacent to an activating group) is 1. The minimum absolute atomic E-state index is 0.0159. The number of fused-ring (bicyclic) bond motifs is 2. The zero-order valence-corrected chi connectivity index (χ0v) is 13.8. The van der Waals surface area contributed by atoms with Gasteiger partial charge in [-0.2, -0.15) is 0 Å². The predicted octanol–water partition coefficient (Wildman–Crippen LogP) is 2.80. The van der Waals surface area contributed by atoms with Gasteiger partial charge in [0.2, 0.25) is 5.91 Å². The summed E-state index contributed by atoms with van der Waals surface area (Å²) in [6.07, 6.45) is 1.05. The topological polar surface area (TPSA) is 52.7 Å². The van der Waals surface area contributed by atoms with Crippen LogP contribution in [0.3, 0.4) is 0 Å². The van der Waals surface area contributed by atoms with Crippen molar-refractivity contribution in [2.24, 2.45) is 0 Å². The lowest BCUT2D eigenvalue weighted by molar-refractivity contribution is -0.114. The van der Waals surface area contributed by atoms with Crippen LogP contribution in [0.4, 0.5) is 17.1 Å². The molecule has 0 saturated carbocycles. The number of hydrogen-bond acceptors (Lipinski definition) is 3. The fourth-order valence-electron chi connectivity index (χ4n) is 3.54. The molecule has 0 atom stereocenters. The Labute approximate surface area is 140 Å². The van der Waals surface area contributed by atoms with Crippen LogP contribution in [0.1, 0.15) is 28.4 Å². The quantitative estimate of drug-likeness (QED) is 0.925. The number of rotatable bonds is 2. The molecule has 0 bridgehead atoms. The third kappa shape index (κ3) is 2.24. The number of nitrogens with zero attached hydrogens (tertiary/aromatic N) is 2. The summed E-state index contributed by atoms with van der Waals surface area (Å²) in [6.45, 7) is 2.97. The number of amides is 2. The van der Waals surface area contributed by atoms with Crippen molar-refractivity contribution in [1.29, 1.82) is 0 Å². The second-order valence-electron chi connectivity index (χ2n) is 6.39. The molecule has 5 nitrogen and oxygen atoms in total. The molecule has 0 spiro atoms. The first kappa shape index (κ1) is 14.8. The lowest BCUT2D eigenvalue weighted by atomic mass is 10.1. The third-order valence-electron chi connectivity index (χ3n) is 4.79. The van der Waals surface area contributed by atoms with Gasteiger partial charge in [-0.3, -0.25) is 9.59 Å². The molecule has 1 N–H and O–H groups in total. The fourth-order valence-corrected chi connectivity index (χ4v) is 3.54. The second kappa shape index (κ2) is 5.37. The number of carbonyl (C=O) groups excluding carboxylic acids is 2. The van der Waals surface area contributed by atoms with E-state index in [0.29, 0.717) is 17.8 Å². The molecule has 4 rings (SSSR count). The summed E-state index contributed by atoms with van der Waals surface area (Å²) in [5.41, 5.74) is 5.68. The highest BCUT2D eigenvalue weighted by Gasteiger charge is 2.31. The van der Waals surface area contributed by atoms with E-state index >= 15 is 0 Å². The van der Waals surface area contributed by atoms with Crippen molar-refractivity contribution in [3.05, 3.63) is 53.1 Å². The minimum atomic E-state index is -0.131. The summed E-state index contributed by atoms with van der Waals surface area (Å²) in [5.74, 6) is -0.147. The van der Waals surface area contributed by atoms with E-state index in [1.54, 1.807) is 4.90 Å². The van der Waals surface area contributed by atoms with Crippen LogP contribution in [-0.2, 0) is 17.8 Å². The highest BCUT2D eigenvalue weighted by atomic mass is 16.2. The molecule has 0 fully saturated rings. The Hall–Kier alpha value is -2.82. The highest BCUT2D eigenvalue weighted by Crippen LogP contribution is 2.36.